The van der Waals surface area contributed by atoms with E-state index in [0.717, 1.165) is 17.7 Å². The van der Waals surface area contributed by atoms with Crippen molar-refractivity contribution in [2.75, 3.05) is 13.1 Å². The Labute approximate surface area is 102 Å². The molecule has 0 saturated carbocycles. The zero-order valence-electron chi connectivity index (χ0n) is 9.66. The minimum atomic E-state index is -0.530. The predicted octanol–water partition coefficient (Wildman–Crippen LogP) is 1.51. The van der Waals surface area contributed by atoms with Crippen LogP contribution in [0.4, 0.5) is 0 Å². The fraction of sp³-hybridized carbons (Fsp3) is 0.417. The number of aliphatic hydroxyl groups excluding tert-OH is 1. The van der Waals surface area contributed by atoms with Gasteiger partial charge < -0.3 is 15.7 Å². The standard InChI is InChI=1S/C12H18N2OS/c1-3-13-12(16)14-8-11(15)10-7-5-4-6-9(10)2/h4-7,11,15H,3,8H2,1-2H3,(H2,13,14,16). The molecule has 0 spiro atoms. The first-order valence-corrected chi connectivity index (χ1v) is 5.81. The van der Waals surface area contributed by atoms with E-state index in [1.807, 2.05) is 38.1 Å². The van der Waals surface area contributed by atoms with E-state index in [4.69, 9.17) is 12.2 Å². The normalized spacial score (nSPS) is 11.9. The van der Waals surface area contributed by atoms with Gasteiger partial charge in [-0.2, -0.15) is 0 Å². The molecular weight excluding hydrogens is 220 g/mol. The van der Waals surface area contributed by atoms with Gasteiger partial charge in [0, 0.05) is 13.1 Å². The van der Waals surface area contributed by atoms with E-state index in [0.29, 0.717) is 11.7 Å². The Hall–Kier alpha value is -1.13. The van der Waals surface area contributed by atoms with Gasteiger partial charge in [0.1, 0.15) is 0 Å². The summed E-state index contributed by atoms with van der Waals surface area (Å²) in [4.78, 5) is 0. The molecule has 3 N–H and O–H groups in total. The summed E-state index contributed by atoms with van der Waals surface area (Å²) >= 11 is 5.02. The lowest BCUT2D eigenvalue weighted by atomic mass is 10.0. The Morgan fingerprint density at radius 2 is 2.06 bits per heavy atom. The Morgan fingerprint density at radius 1 is 1.38 bits per heavy atom. The largest absolute Gasteiger partial charge is 0.387 e. The van der Waals surface area contributed by atoms with Gasteiger partial charge in [-0.05, 0) is 37.2 Å². The molecule has 0 radical (unpaired) electrons. The Bertz CT molecular complexity index is 355. The molecule has 0 bridgehead atoms. The highest BCUT2D eigenvalue weighted by Crippen LogP contribution is 2.15. The van der Waals surface area contributed by atoms with E-state index < -0.39 is 6.10 Å². The third kappa shape index (κ3) is 3.79. The monoisotopic (exact) mass is 238 g/mol. The SMILES string of the molecule is CCNC(=S)NCC(O)c1ccccc1C. The van der Waals surface area contributed by atoms with Crippen LogP contribution in [0.25, 0.3) is 0 Å². The summed E-state index contributed by atoms with van der Waals surface area (Å²) in [6.45, 7) is 5.18. The highest BCUT2D eigenvalue weighted by Gasteiger charge is 2.09. The molecular formula is C12H18N2OS. The Morgan fingerprint density at radius 3 is 2.69 bits per heavy atom. The predicted molar refractivity (Wildman–Crippen MR) is 70.4 cm³/mol. The van der Waals surface area contributed by atoms with Crippen molar-refractivity contribution >= 4 is 17.3 Å². The summed E-state index contributed by atoms with van der Waals surface area (Å²) in [5.74, 6) is 0. The van der Waals surface area contributed by atoms with Crippen LogP contribution in [0.2, 0.25) is 0 Å². The lowest BCUT2D eigenvalue weighted by Gasteiger charge is -2.15. The third-order valence-corrected chi connectivity index (χ3v) is 2.63. The molecule has 0 amide bonds. The highest BCUT2D eigenvalue weighted by atomic mass is 32.1. The molecule has 1 rings (SSSR count). The maximum Gasteiger partial charge on any atom is 0.166 e. The summed E-state index contributed by atoms with van der Waals surface area (Å²) in [5.41, 5.74) is 2.03. The minimum absolute atomic E-state index is 0.427. The minimum Gasteiger partial charge on any atom is -0.387 e. The molecule has 0 aliphatic rings. The maximum atomic E-state index is 9.97. The molecule has 0 aliphatic carbocycles. The van der Waals surface area contributed by atoms with E-state index in [-0.39, 0.29) is 0 Å². The van der Waals surface area contributed by atoms with Crippen molar-refractivity contribution in [1.82, 2.24) is 10.6 Å². The number of hydrogen-bond donors (Lipinski definition) is 3. The molecule has 0 saturated heterocycles. The van der Waals surface area contributed by atoms with E-state index >= 15 is 0 Å². The molecule has 1 atom stereocenters. The number of nitrogens with one attached hydrogen (secondary N) is 2. The molecule has 1 unspecified atom stereocenters. The van der Waals surface area contributed by atoms with Crippen molar-refractivity contribution in [2.24, 2.45) is 0 Å². The van der Waals surface area contributed by atoms with Crippen LogP contribution in [0, 0.1) is 6.92 Å². The van der Waals surface area contributed by atoms with Crippen LogP contribution >= 0.6 is 12.2 Å². The zero-order valence-corrected chi connectivity index (χ0v) is 10.5. The van der Waals surface area contributed by atoms with E-state index in [1.54, 1.807) is 0 Å². The van der Waals surface area contributed by atoms with Gasteiger partial charge in [0.2, 0.25) is 0 Å². The van der Waals surface area contributed by atoms with Gasteiger partial charge in [0.25, 0.3) is 0 Å². The molecule has 1 aromatic rings. The number of rotatable bonds is 4. The summed E-state index contributed by atoms with van der Waals surface area (Å²) in [5, 5.41) is 16.5. The first-order valence-electron chi connectivity index (χ1n) is 5.40. The van der Waals surface area contributed by atoms with Crippen LogP contribution < -0.4 is 10.6 Å². The summed E-state index contributed by atoms with van der Waals surface area (Å²) in [6.07, 6.45) is -0.530. The van der Waals surface area contributed by atoms with Gasteiger partial charge in [0.15, 0.2) is 5.11 Å². The van der Waals surface area contributed by atoms with Crippen LogP contribution in [0.5, 0.6) is 0 Å². The first kappa shape index (κ1) is 12.9. The maximum absolute atomic E-state index is 9.97. The van der Waals surface area contributed by atoms with Crippen LogP contribution in [0.15, 0.2) is 24.3 Å². The highest BCUT2D eigenvalue weighted by molar-refractivity contribution is 7.80. The van der Waals surface area contributed by atoms with E-state index in [9.17, 15) is 5.11 Å². The lowest BCUT2D eigenvalue weighted by molar-refractivity contribution is 0.180. The molecule has 0 heterocycles. The number of hydrogen-bond acceptors (Lipinski definition) is 2. The summed E-state index contributed by atoms with van der Waals surface area (Å²) in [6, 6.07) is 7.80. The molecule has 0 aromatic heterocycles. The molecule has 4 heteroatoms. The topological polar surface area (TPSA) is 44.3 Å². The van der Waals surface area contributed by atoms with Crippen LogP contribution in [-0.2, 0) is 0 Å². The summed E-state index contributed by atoms with van der Waals surface area (Å²) < 4.78 is 0. The third-order valence-electron chi connectivity index (χ3n) is 2.34. The Balaban J connectivity index is 2.50. The van der Waals surface area contributed by atoms with E-state index in [2.05, 4.69) is 10.6 Å². The lowest BCUT2D eigenvalue weighted by Crippen LogP contribution is -2.37. The van der Waals surface area contributed by atoms with Gasteiger partial charge in [-0.25, -0.2) is 0 Å². The van der Waals surface area contributed by atoms with Crippen molar-refractivity contribution in [3.05, 3.63) is 35.4 Å². The van der Waals surface area contributed by atoms with Gasteiger partial charge in [-0.1, -0.05) is 24.3 Å². The second kappa shape index (κ2) is 6.45. The number of aryl methyl sites for hydroxylation is 1. The van der Waals surface area contributed by atoms with E-state index in [1.165, 1.54) is 0 Å². The zero-order chi connectivity index (χ0) is 12.0. The molecule has 88 valence electrons. The fourth-order valence-corrected chi connectivity index (χ4v) is 1.71. The number of thiocarbonyl (C=S) groups is 1. The van der Waals surface area contributed by atoms with Crippen LogP contribution in [-0.4, -0.2) is 23.3 Å². The first-order chi connectivity index (χ1) is 7.65. The summed E-state index contributed by atoms with van der Waals surface area (Å²) in [7, 11) is 0. The van der Waals surface area contributed by atoms with Gasteiger partial charge in [-0.15, -0.1) is 0 Å². The van der Waals surface area contributed by atoms with Crippen molar-refractivity contribution in [3.8, 4) is 0 Å². The number of aliphatic hydroxyl groups is 1. The smallest absolute Gasteiger partial charge is 0.166 e. The quantitative estimate of drug-likeness (QED) is 0.696. The van der Waals surface area contributed by atoms with Gasteiger partial charge in [-0.3, -0.25) is 0 Å². The average molecular weight is 238 g/mol. The fourth-order valence-electron chi connectivity index (χ4n) is 1.48. The van der Waals surface area contributed by atoms with Crippen LogP contribution in [0.3, 0.4) is 0 Å². The average Bonchev–Trinajstić information content (AvgIpc) is 2.27. The van der Waals surface area contributed by atoms with Crippen molar-refractivity contribution < 1.29 is 5.11 Å². The van der Waals surface area contributed by atoms with Crippen molar-refractivity contribution in [1.29, 1.82) is 0 Å². The molecule has 3 nitrogen and oxygen atoms in total. The second-order valence-corrected chi connectivity index (χ2v) is 4.02. The second-order valence-electron chi connectivity index (χ2n) is 3.61. The van der Waals surface area contributed by atoms with Crippen molar-refractivity contribution in [2.45, 2.75) is 20.0 Å². The Kier molecular flexibility index (Phi) is 5.22. The molecule has 0 aliphatic heterocycles. The number of benzene rings is 1. The van der Waals surface area contributed by atoms with Crippen molar-refractivity contribution in [3.63, 3.8) is 0 Å². The van der Waals surface area contributed by atoms with Gasteiger partial charge in [0.05, 0.1) is 6.10 Å². The molecule has 0 fully saturated rings. The van der Waals surface area contributed by atoms with Crippen LogP contribution in [0.1, 0.15) is 24.2 Å². The molecule has 16 heavy (non-hydrogen) atoms. The molecule has 1 aromatic carbocycles. The van der Waals surface area contributed by atoms with Gasteiger partial charge >= 0.3 is 0 Å².